The van der Waals surface area contributed by atoms with E-state index >= 15 is 0 Å². The smallest absolute Gasteiger partial charge is 0.257 e. The van der Waals surface area contributed by atoms with Crippen molar-refractivity contribution in [3.05, 3.63) is 65.7 Å². The molecule has 4 nitrogen and oxygen atoms in total. The van der Waals surface area contributed by atoms with E-state index in [1.54, 1.807) is 12.1 Å². The van der Waals surface area contributed by atoms with Crippen molar-refractivity contribution in [3.63, 3.8) is 0 Å². The predicted octanol–water partition coefficient (Wildman–Crippen LogP) is 1.92. The van der Waals surface area contributed by atoms with E-state index in [2.05, 4.69) is 5.32 Å². The standard InChI is InChI=1S/C17H19NO3/c19-12-15-8-4-5-9-16(15)21-13-17(20)18-11-10-14-6-2-1-3-7-14/h1-9,19H,10-13H2,(H,18,20). The average molecular weight is 285 g/mol. The number of amides is 1. The van der Waals surface area contributed by atoms with Gasteiger partial charge in [0, 0.05) is 12.1 Å². The summed E-state index contributed by atoms with van der Waals surface area (Å²) < 4.78 is 5.42. The zero-order chi connectivity index (χ0) is 14.9. The molecule has 0 unspecified atom stereocenters. The zero-order valence-electron chi connectivity index (χ0n) is 11.8. The second-order valence-electron chi connectivity index (χ2n) is 4.64. The van der Waals surface area contributed by atoms with Gasteiger partial charge in [0.2, 0.25) is 0 Å². The molecule has 2 aromatic rings. The summed E-state index contributed by atoms with van der Waals surface area (Å²) in [6.45, 7) is 0.422. The number of carbonyl (C=O) groups is 1. The van der Waals surface area contributed by atoms with E-state index in [1.165, 1.54) is 5.56 Å². The molecule has 0 aromatic heterocycles. The van der Waals surface area contributed by atoms with Gasteiger partial charge in [-0.3, -0.25) is 4.79 Å². The molecule has 0 fully saturated rings. The van der Waals surface area contributed by atoms with Gasteiger partial charge in [0.25, 0.3) is 5.91 Å². The third-order valence-electron chi connectivity index (χ3n) is 3.08. The largest absolute Gasteiger partial charge is 0.483 e. The van der Waals surface area contributed by atoms with Gasteiger partial charge in [-0.05, 0) is 18.1 Å². The molecule has 0 atom stereocenters. The lowest BCUT2D eigenvalue weighted by Crippen LogP contribution is -2.30. The molecule has 2 aromatic carbocycles. The van der Waals surface area contributed by atoms with Gasteiger partial charge >= 0.3 is 0 Å². The van der Waals surface area contributed by atoms with Gasteiger partial charge in [0.15, 0.2) is 6.61 Å². The number of ether oxygens (including phenoxy) is 1. The highest BCUT2D eigenvalue weighted by Gasteiger charge is 2.05. The van der Waals surface area contributed by atoms with E-state index in [9.17, 15) is 9.90 Å². The zero-order valence-corrected chi connectivity index (χ0v) is 11.8. The molecule has 0 aliphatic carbocycles. The maximum Gasteiger partial charge on any atom is 0.257 e. The first-order chi connectivity index (χ1) is 10.3. The van der Waals surface area contributed by atoms with Crippen LogP contribution >= 0.6 is 0 Å². The first-order valence-corrected chi connectivity index (χ1v) is 6.92. The van der Waals surface area contributed by atoms with Crippen molar-refractivity contribution >= 4 is 5.91 Å². The summed E-state index contributed by atoms with van der Waals surface area (Å²) >= 11 is 0. The minimum atomic E-state index is -0.168. The van der Waals surface area contributed by atoms with E-state index in [0.29, 0.717) is 17.9 Å². The second-order valence-corrected chi connectivity index (χ2v) is 4.64. The minimum Gasteiger partial charge on any atom is -0.483 e. The number of hydrogen-bond acceptors (Lipinski definition) is 3. The highest BCUT2D eigenvalue weighted by atomic mass is 16.5. The topological polar surface area (TPSA) is 58.6 Å². The number of rotatable bonds is 7. The fraction of sp³-hybridized carbons (Fsp3) is 0.235. The Morgan fingerprint density at radius 2 is 1.76 bits per heavy atom. The van der Waals surface area contributed by atoms with E-state index in [-0.39, 0.29) is 19.1 Å². The van der Waals surface area contributed by atoms with Crippen LogP contribution in [0.4, 0.5) is 0 Å². The Kier molecular flexibility index (Phi) is 5.79. The lowest BCUT2D eigenvalue weighted by molar-refractivity contribution is -0.123. The molecule has 2 N–H and O–H groups in total. The summed E-state index contributed by atoms with van der Waals surface area (Å²) in [4.78, 5) is 11.7. The molecule has 0 aliphatic heterocycles. The SMILES string of the molecule is O=C(COc1ccccc1CO)NCCc1ccccc1. The molecule has 110 valence electrons. The number of para-hydroxylation sites is 1. The third-order valence-corrected chi connectivity index (χ3v) is 3.08. The molecular formula is C17H19NO3. The first kappa shape index (κ1) is 15.1. The van der Waals surface area contributed by atoms with Gasteiger partial charge in [0.05, 0.1) is 6.61 Å². The Morgan fingerprint density at radius 1 is 1.05 bits per heavy atom. The normalized spacial score (nSPS) is 10.1. The summed E-state index contributed by atoms with van der Waals surface area (Å²) in [5.41, 5.74) is 1.86. The second kappa shape index (κ2) is 8.07. The van der Waals surface area contributed by atoms with Crippen molar-refractivity contribution in [2.24, 2.45) is 0 Å². The maximum atomic E-state index is 11.7. The van der Waals surface area contributed by atoms with Crippen LogP contribution in [0.2, 0.25) is 0 Å². The molecule has 0 saturated carbocycles. The van der Waals surface area contributed by atoms with Gasteiger partial charge in [-0.1, -0.05) is 48.5 Å². The molecule has 0 bridgehead atoms. The van der Waals surface area contributed by atoms with Crippen molar-refractivity contribution in [1.29, 1.82) is 0 Å². The van der Waals surface area contributed by atoms with Crippen LogP contribution in [0.1, 0.15) is 11.1 Å². The first-order valence-electron chi connectivity index (χ1n) is 6.92. The summed E-state index contributed by atoms with van der Waals surface area (Å²) in [5.74, 6) is 0.372. The van der Waals surface area contributed by atoms with Crippen molar-refractivity contribution < 1.29 is 14.6 Å². The van der Waals surface area contributed by atoms with Crippen molar-refractivity contribution in [3.8, 4) is 5.75 Å². The molecule has 0 radical (unpaired) electrons. The summed E-state index contributed by atoms with van der Waals surface area (Å²) in [5, 5.41) is 12.0. The summed E-state index contributed by atoms with van der Waals surface area (Å²) in [6, 6.07) is 17.1. The molecular weight excluding hydrogens is 266 g/mol. The van der Waals surface area contributed by atoms with Crippen LogP contribution in [0.15, 0.2) is 54.6 Å². The number of nitrogens with one attached hydrogen (secondary N) is 1. The highest BCUT2D eigenvalue weighted by Crippen LogP contribution is 2.17. The molecule has 21 heavy (non-hydrogen) atoms. The third kappa shape index (κ3) is 4.93. The Bertz CT molecular complexity index is 569. The van der Waals surface area contributed by atoms with E-state index in [1.807, 2.05) is 42.5 Å². The van der Waals surface area contributed by atoms with Gasteiger partial charge < -0.3 is 15.2 Å². The molecule has 0 aliphatic rings. The van der Waals surface area contributed by atoms with E-state index in [4.69, 9.17) is 4.74 Å². The van der Waals surface area contributed by atoms with Crippen LogP contribution in [0, 0.1) is 0 Å². The van der Waals surface area contributed by atoms with Crippen LogP contribution in [-0.4, -0.2) is 24.2 Å². The quantitative estimate of drug-likeness (QED) is 0.817. The van der Waals surface area contributed by atoms with Crippen LogP contribution in [0.5, 0.6) is 5.75 Å². The van der Waals surface area contributed by atoms with Crippen molar-refractivity contribution in [2.45, 2.75) is 13.0 Å². The van der Waals surface area contributed by atoms with Crippen molar-refractivity contribution in [2.75, 3.05) is 13.2 Å². The van der Waals surface area contributed by atoms with Gasteiger partial charge in [-0.25, -0.2) is 0 Å². The summed E-state index contributed by atoms with van der Waals surface area (Å²) in [7, 11) is 0. The molecule has 0 spiro atoms. The average Bonchev–Trinajstić information content (AvgIpc) is 2.54. The lowest BCUT2D eigenvalue weighted by Gasteiger charge is -2.10. The molecule has 1 amide bonds. The monoisotopic (exact) mass is 285 g/mol. The molecule has 0 saturated heterocycles. The Morgan fingerprint density at radius 3 is 2.52 bits per heavy atom. The van der Waals surface area contributed by atoms with Gasteiger partial charge in [0.1, 0.15) is 5.75 Å². The molecule has 0 heterocycles. The number of aliphatic hydroxyl groups excluding tert-OH is 1. The van der Waals surface area contributed by atoms with Crippen LogP contribution < -0.4 is 10.1 Å². The number of aliphatic hydroxyl groups is 1. The minimum absolute atomic E-state index is 0.0498. The fourth-order valence-corrected chi connectivity index (χ4v) is 1.96. The van der Waals surface area contributed by atoms with Crippen LogP contribution in [0.25, 0.3) is 0 Å². The Hall–Kier alpha value is -2.33. The maximum absolute atomic E-state index is 11.7. The number of benzene rings is 2. The lowest BCUT2D eigenvalue weighted by atomic mass is 10.1. The van der Waals surface area contributed by atoms with Crippen molar-refractivity contribution in [1.82, 2.24) is 5.32 Å². The molecule has 2 rings (SSSR count). The van der Waals surface area contributed by atoms with Gasteiger partial charge in [-0.15, -0.1) is 0 Å². The van der Waals surface area contributed by atoms with E-state index < -0.39 is 0 Å². The molecule has 4 heteroatoms. The van der Waals surface area contributed by atoms with Crippen LogP contribution in [0.3, 0.4) is 0 Å². The highest BCUT2D eigenvalue weighted by molar-refractivity contribution is 5.77. The predicted molar refractivity (Wildman–Crippen MR) is 81.0 cm³/mol. The van der Waals surface area contributed by atoms with Gasteiger partial charge in [-0.2, -0.15) is 0 Å². The van der Waals surface area contributed by atoms with E-state index in [0.717, 1.165) is 6.42 Å². The Labute approximate surface area is 124 Å². The summed E-state index contributed by atoms with van der Waals surface area (Å²) in [6.07, 6.45) is 0.791. The number of carbonyl (C=O) groups excluding carboxylic acids is 1. The Balaban J connectivity index is 1.72. The van der Waals surface area contributed by atoms with Crippen LogP contribution in [-0.2, 0) is 17.8 Å². The fourth-order valence-electron chi connectivity index (χ4n) is 1.96. The number of hydrogen-bond donors (Lipinski definition) is 2.